The van der Waals surface area contributed by atoms with Gasteiger partial charge in [0.05, 0.1) is 11.5 Å². The van der Waals surface area contributed by atoms with Gasteiger partial charge in [0.2, 0.25) is 0 Å². The highest BCUT2D eigenvalue weighted by Crippen LogP contribution is 2.25. The third-order valence-electron chi connectivity index (χ3n) is 3.49. The molecule has 2 heterocycles. The summed E-state index contributed by atoms with van der Waals surface area (Å²) in [5.41, 5.74) is 0.952. The Morgan fingerprint density at radius 1 is 1.24 bits per heavy atom. The number of carbonyl (C=O) groups is 1. The second-order valence-corrected chi connectivity index (χ2v) is 6.34. The van der Waals surface area contributed by atoms with E-state index in [1.165, 1.54) is 22.1 Å². The fourth-order valence-electron chi connectivity index (χ4n) is 2.18. The monoisotopic (exact) mass is 353 g/mol. The molecule has 25 heavy (non-hydrogen) atoms. The number of unbranched alkanes of at least 4 members (excludes halogenated alkanes) is 1. The second-order valence-electron chi connectivity index (χ2n) is 5.39. The van der Waals surface area contributed by atoms with Crippen molar-refractivity contribution in [2.75, 3.05) is 6.61 Å². The van der Waals surface area contributed by atoms with Crippen LogP contribution >= 0.6 is 11.3 Å². The van der Waals surface area contributed by atoms with Crippen molar-refractivity contribution in [1.82, 2.24) is 14.8 Å². The van der Waals surface area contributed by atoms with E-state index in [1.807, 2.05) is 47.8 Å². The van der Waals surface area contributed by atoms with Gasteiger partial charge in [-0.05, 0) is 29.5 Å². The Kier molecular flexibility index (Phi) is 5.74. The Morgan fingerprint density at radius 2 is 2.08 bits per heavy atom. The number of nitrogens with zero attached hydrogens (tertiary/aromatic N) is 3. The van der Waals surface area contributed by atoms with Crippen molar-refractivity contribution in [1.29, 1.82) is 0 Å². The molecular formula is C19H19N3O2S. The molecule has 128 valence electrons. The number of hydrogen-bond acceptors (Lipinski definition) is 5. The third-order valence-corrected chi connectivity index (χ3v) is 4.35. The van der Waals surface area contributed by atoms with E-state index in [0.29, 0.717) is 12.4 Å². The van der Waals surface area contributed by atoms with Crippen LogP contribution in [0.2, 0.25) is 0 Å². The lowest BCUT2D eigenvalue weighted by Crippen LogP contribution is -2.11. The minimum absolute atomic E-state index is 0.235. The van der Waals surface area contributed by atoms with E-state index < -0.39 is 0 Å². The zero-order valence-corrected chi connectivity index (χ0v) is 14.8. The Morgan fingerprint density at radius 3 is 2.80 bits per heavy atom. The molecule has 0 bridgehead atoms. The Balaban J connectivity index is 1.85. The first-order valence-electron chi connectivity index (χ1n) is 8.19. The van der Waals surface area contributed by atoms with Crippen molar-refractivity contribution in [2.45, 2.75) is 19.8 Å². The summed E-state index contributed by atoms with van der Waals surface area (Å²) in [7, 11) is 0. The van der Waals surface area contributed by atoms with Gasteiger partial charge >= 0.3 is 6.01 Å². The van der Waals surface area contributed by atoms with Crippen molar-refractivity contribution in [3.8, 4) is 16.7 Å². The Labute approximate surface area is 150 Å². The van der Waals surface area contributed by atoms with Gasteiger partial charge < -0.3 is 4.74 Å². The molecule has 3 aromatic rings. The first-order valence-corrected chi connectivity index (χ1v) is 9.07. The van der Waals surface area contributed by atoms with Crippen LogP contribution in [0.4, 0.5) is 0 Å². The SMILES string of the molecule is CCCCOc1nc(-c2cccs2)n(C(=O)/C=C/c2ccccc2)n1. The quantitative estimate of drug-likeness (QED) is 0.462. The predicted molar refractivity (Wildman–Crippen MR) is 99.8 cm³/mol. The van der Waals surface area contributed by atoms with Crippen LogP contribution in [0.15, 0.2) is 53.9 Å². The smallest absolute Gasteiger partial charge is 0.336 e. The normalized spacial score (nSPS) is 11.1. The third kappa shape index (κ3) is 4.42. The minimum Gasteiger partial charge on any atom is -0.462 e. The van der Waals surface area contributed by atoms with E-state index in [-0.39, 0.29) is 11.9 Å². The second kappa shape index (κ2) is 8.39. The zero-order chi connectivity index (χ0) is 17.5. The molecule has 5 nitrogen and oxygen atoms in total. The number of ether oxygens (including phenoxy) is 1. The lowest BCUT2D eigenvalue weighted by molar-refractivity contribution is 0.0954. The summed E-state index contributed by atoms with van der Waals surface area (Å²) < 4.78 is 6.86. The average Bonchev–Trinajstić information content (AvgIpc) is 3.30. The number of aromatic nitrogens is 3. The summed E-state index contributed by atoms with van der Waals surface area (Å²) in [6.07, 6.45) is 5.21. The summed E-state index contributed by atoms with van der Waals surface area (Å²) in [6.45, 7) is 2.63. The summed E-state index contributed by atoms with van der Waals surface area (Å²) in [5.74, 6) is 0.245. The van der Waals surface area contributed by atoms with Crippen LogP contribution in [0.5, 0.6) is 6.01 Å². The lowest BCUT2D eigenvalue weighted by Gasteiger charge is -1.99. The molecule has 0 radical (unpaired) electrons. The molecule has 6 heteroatoms. The van der Waals surface area contributed by atoms with Crippen LogP contribution in [-0.2, 0) is 0 Å². The van der Waals surface area contributed by atoms with Crippen molar-refractivity contribution in [2.24, 2.45) is 0 Å². The maximum atomic E-state index is 12.6. The molecule has 0 amide bonds. The number of carbonyl (C=O) groups excluding carboxylic acids is 1. The fraction of sp³-hybridized carbons (Fsp3) is 0.211. The van der Waals surface area contributed by atoms with E-state index in [1.54, 1.807) is 6.08 Å². The molecule has 0 saturated carbocycles. The van der Waals surface area contributed by atoms with Crippen molar-refractivity contribution in [3.05, 3.63) is 59.5 Å². The molecule has 0 spiro atoms. The summed E-state index contributed by atoms with van der Waals surface area (Å²) in [6, 6.07) is 13.7. The molecule has 0 saturated heterocycles. The summed E-state index contributed by atoms with van der Waals surface area (Å²) in [5, 5.41) is 6.18. The highest BCUT2D eigenvalue weighted by atomic mass is 32.1. The molecule has 0 unspecified atom stereocenters. The van der Waals surface area contributed by atoms with E-state index in [4.69, 9.17) is 4.74 Å². The number of hydrogen-bond donors (Lipinski definition) is 0. The molecule has 3 rings (SSSR count). The molecule has 0 fully saturated rings. The van der Waals surface area contributed by atoms with E-state index in [0.717, 1.165) is 23.3 Å². The first-order chi connectivity index (χ1) is 12.3. The van der Waals surface area contributed by atoms with E-state index in [9.17, 15) is 4.79 Å². The van der Waals surface area contributed by atoms with Crippen molar-refractivity contribution in [3.63, 3.8) is 0 Å². The van der Waals surface area contributed by atoms with Crippen molar-refractivity contribution < 1.29 is 9.53 Å². The summed E-state index contributed by atoms with van der Waals surface area (Å²) in [4.78, 5) is 17.9. The Hall–Kier alpha value is -2.73. The topological polar surface area (TPSA) is 57.0 Å². The number of allylic oxidation sites excluding steroid dienone is 1. The highest BCUT2D eigenvalue weighted by molar-refractivity contribution is 7.13. The maximum Gasteiger partial charge on any atom is 0.336 e. The number of benzene rings is 1. The minimum atomic E-state index is -0.259. The molecule has 2 aromatic heterocycles. The van der Waals surface area contributed by atoms with Crippen LogP contribution < -0.4 is 4.74 Å². The molecule has 0 aliphatic carbocycles. The number of rotatable bonds is 7. The first kappa shape index (κ1) is 17.1. The van der Waals surface area contributed by atoms with Crippen LogP contribution in [0.25, 0.3) is 16.8 Å². The molecule has 0 atom stereocenters. The number of thiophene rings is 1. The van der Waals surface area contributed by atoms with Gasteiger partial charge in [-0.2, -0.15) is 9.67 Å². The van der Waals surface area contributed by atoms with Gasteiger partial charge in [0.15, 0.2) is 5.82 Å². The van der Waals surface area contributed by atoms with Gasteiger partial charge in [-0.25, -0.2) is 0 Å². The van der Waals surface area contributed by atoms with Gasteiger partial charge in [-0.3, -0.25) is 4.79 Å². The average molecular weight is 353 g/mol. The summed E-state index contributed by atoms with van der Waals surface area (Å²) >= 11 is 1.51. The van der Waals surface area contributed by atoms with E-state index >= 15 is 0 Å². The van der Waals surface area contributed by atoms with Crippen LogP contribution in [-0.4, -0.2) is 27.3 Å². The molecule has 1 aromatic carbocycles. The fourth-order valence-corrected chi connectivity index (χ4v) is 2.88. The van der Waals surface area contributed by atoms with Crippen molar-refractivity contribution >= 4 is 23.3 Å². The molecule has 0 aliphatic heterocycles. The molecule has 0 aliphatic rings. The predicted octanol–water partition coefficient (Wildman–Crippen LogP) is 4.54. The van der Waals surface area contributed by atoms with Gasteiger partial charge in [0.25, 0.3) is 5.91 Å². The van der Waals surface area contributed by atoms with Crippen LogP contribution in [0.1, 0.15) is 30.1 Å². The lowest BCUT2D eigenvalue weighted by atomic mass is 10.2. The van der Waals surface area contributed by atoms with E-state index in [2.05, 4.69) is 17.0 Å². The van der Waals surface area contributed by atoms with Gasteiger partial charge in [-0.1, -0.05) is 49.7 Å². The molecular weight excluding hydrogens is 334 g/mol. The van der Waals surface area contributed by atoms with Gasteiger partial charge in [-0.15, -0.1) is 16.4 Å². The zero-order valence-electron chi connectivity index (χ0n) is 14.0. The van der Waals surface area contributed by atoms with Gasteiger partial charge in [0.1, 0.15) is 0 Å². The largest absolute Gasteiger partial charge is 0.462 e. The van der Waals surface area contributed by atoms with Crippen LogP contribution in [0.3, 0.4) is 0 Å². The Bertz CT molecular complexity index is 839. The van der Waals surface area contributed by atoms with Crippen LogP contribution in [0, 0.1) is 0 Å². The highest BCUT2D eigenvalue weighted by Gasteiger charge is 2.17. The van der Waals surface area contributed by atoms with Gasteiger partial charge in [0, 0.05) is 6.08 Å². The molecule has 0 N–H and O–H groups in total. The standard InChI is InChI=1S/C19H19N3O2S/c1-2-3-13-24-19-20-18(16-10-7-14-25-16)22(21-19)17(23)12-11-15-8-5-4-6-9-15/h4-12,14H,2-3,13H2,1H3/b12-11+. The maximum absolute atomic E-state index is 12.6.